The van der Waals surface area contributed by atoms with Crippen LogP contribution < -0.4 is 6.15 Å². The van der Waals surface area contributed by atoms with Gasteiger partial charge in [-0.2, -0.15) is 0 Å². The fraction of sp³-hybridized carbons (Fsp3) is 0.250. The first-order valence-electron chi connectivity index (χ1n) is 2.97. The first-order valence-corrected chi connectivity index (χ1v) is 3.41. The molecular formula is C8H13NS. The van der Waals surface area contributed by atoms with E-state index >= 15 is 0 Å². The van der Waals surface area contributed by atoms with Crippen molar-refractivity contribution in [1.29, 1.82) is 0 Å². The van der Waals surface area contributed by atoms with Crippen LogP contribution in [0.2, 0.25) is 0 Å². The largest absolute Gasteiger partial charge is 0.344 e. The first-order chi connectivity index (χ1) is 4.22. The van der Waals surface area contributed by atoms with Crippen LogP contribution in [0.15, 0.2) is 23.1 Å². The molecule has 1 aromatic carbocycles. The molecule has 0 saturated carbocycles. The Labute approximate surface area is 67.5 Å². The molecule has 1 rings (SSSR count). The molecule has 1 aromatic rings. The number of benzene rings is 1. The smallest absolute Gasteiger partial charge is 0.00718 e. The summed E-state index contributed by atoms with van der Waals surface area (Å²) in [6.07, 6.45) is 0. The lowest BCUT2D eigenvalue weighted by Gasteiger charge is -2.00. The molecule has 1 nitrogen and oxygen atoms in total. The maximum atomic E-state index is 4.27. The SMILES string of the molecule is Cc1cccc(S)c1C.N. The van der Waals surface area contributed by atoms with Gasteiger partial charge < -0.3 is 6.15 Å². The Balaban J connectivity index is 0.000000810. The lowest BCUT2D eigenvalue weighted by molar-refractivity contribution is 1.24. The van der Waals surface area contributed by atoms with Gasteiger partial charge in [-0.05, 0) is 31.0 Å². The van der Waals surface area contributed by atoms with Gasteiger partial charge in [0.1, 0.15) is 0 Å². The third-order valence-corrected chi connectivity index (χ3v) is 2.06. The predicted molar refractivity (Wildman–Crippen MR) is 48.2 cm³/mol. The molecule has 0 fully saturated rings. The van der Waals surface area contributed by atoms with E-state index in [4.69, 9.17) is 0 Å². The van der Waals surface area contributed by atoms with Crippen LogP contribution in [-0.4, -0.2) is 0 Å². The lowest BCUT2D eigenvalue weighted by Crippen LogP contribution is -1.79. The van der Waals surface area contributed by atoms with Crippen LogP contribution in [-0.2, 0) is 0 Å². The summed E-state index contributed by atoms with van der Waals surface area (Å²) in [5.41, 5.74) is 2.59. The standard InChI is InChI=1S/C8H10S.H3N/c1-6-4-3-5-8(9)7(6)2;/h3-5,9H,1-2H3;1H3. The maximum Gasteiger partial charge on any atom is 0.00718 e. The van der Waals surface area contributed by atoms with Gasteiger partial charge in [0.2, 0.25) is 0 Å². The van der Waals surface area contributed by atoms with Crippen LogP contribution in [0.4, 0.5) is 0 Å². The fourth-order valence-corrected chi connectivity index (χ4v) is 0.998. The average molecular weight is 155 g/mol. The number of hydrogen-bond acceptors (Lipinski definition) is 2. The first kappa shape index (κ1) is 9.53. The van der Waals surface area contributed by atoms with E-state index in [9.17, 15) is 0 Å². The molecule has 0 bridgehead atoms. The minimum absolute atomic E-state index is 0. The Morgan fingerprint density at radius 2 is 1.80 bits per heavy atom. The summed E-state index contributed by atoms with van der Waals surface area (Å²) in [4.78, 5) is 1.08. The molecule has 0 heterocycles. The van der Waals surface area contributed by atoms with Gasteiger partial charge >= 0.3 is 0 Å². The van der Waals surface area contributed by atoms with Crippen molar-refractivity contribution in [3.8, 4) is 0 Å². The molecule has 0 radical (unpaired) electrons. The van der Waals surface area contributed by atoms with Gasteiger partial charge in [-0.3, -0.25) is 0 Å². The van der Waals surface area contributed by atoms with Crippen molar-refractivity contribution in [2.75, 3.05) is 0 Å². The summed E-state index contributed by atoms with van der Waals surface area (Å²) in [5, 5.41) is 0. The zero-order valence-corrected chi connectivity index (χ0v) is 7.28. The molecule has 0 aliphatic rings. The van der Waals surface area contributed by atoms with Gasteiger partial charge in [-0.1, -0.05) is 12.1 Å². The minimum atomic E-state index is 0. The topological polar surface area (TPSA) is 35.0 Å². The van der Waals surface area contributed by atoms with Gasteiger partial charge in [-0.15, -0.1) is 12.6 Å². The van der Waals surface area contributed by atoms with E-state index in [-0.39, 0.29) is 6.15 Å². The van der Waals surface area contributed by atoms with E-state index in [1.807, 2.05) is 12.1 Å². The Bertz CT molecular complexity index is 200. The second-order valence-electron chi connectivity index (χ2n) is 2.22. The highest BCUT2D eigenvalue weighted by atomic mass is 32.1. The van der Waals surface area contributed by atoms with Gasteiger partial charge in [0.25, 0.3) is 0 Å². The van der Waals surface area contributed by atoms with E-state index in [0.29, 0.717) is 0 Å². The molecule has 3 N–H and O–H groups in total. The summed E-state index contributed by atoms with van der Waals surface area (Å²) >= 11 is 4.27. The molecule has 0 aliphatic heterocycles. The third kappa shape index (κ3) is 1.75. The van der Waals surface area contributed by atoms with E-state index in [2.05, 4.69) is 32.5 Å². The zero-order valence-electron chi connectivity index (χ0n) is 6.39. The molecule has 0 saturated heterocycles. The molecule has 0 atom stereocenters. The highest BCUT2D eigenvalue weighted by molar-refractivity contribution is 7.80. The van der Waals surface area contributed by atoms with Crippen molar-refractivity contribution >= 4 is 12.6 Å². The minimum Gasteiger partial charge on any atom is -0.344 e. The summed E-state index contributed by atoms with van der Waals surface area (Å²) in [6.45, 7) is 4.17. The van der Waals surface area contributed by atoms with Crippen molar-refractivity contribution in [1.82, 2.24) is 6.15 Å². The summed E-state index contributed by atoms with van der Waals surface area (Å²) in [6, 6.07) is 6.12. The van der Waals surface area contributed by atoms with Crippen LogP contribution in [0, 0.1) is 13.8 Å². The molecule has 0 amide bonds. The Morgan fingerprint density at radius 3 is 2.20 bits per heavy atom. The van der Waals surface area contributed by atoms with Crippen molar-refractivity contribution in [2.24, 2.45) is 0 Å². The Kier molecular flexibility index (Phi) is 3.47. The van der Waals surface area contributed by atoms with Crippen LogP contribution >= 0.6 is 12.6 Å². The molecule has 0 spiro atoms. The second-order valence-corrected chi connectivity index (χ2v) is 2.70. The van der Waals surface area contributed by atoms with E-state index in [1.54, 1.807) is 0 Å². The molecule has 10 heavy (non-hydrogen) atoms. The summed E-state index contributed by atoms with van der Waals surface area (Å²) in [7, 11) is 0. The van der Waals surface area contributed by atoms with E-state index in [1.165, 1.54) is 11.1 Å². The monoisotopic (exact) mass is 155 g/mol. The number of rotatable bonds is 0. The van der Waals surface area contributed by atoms with Crippen LogP contribution in [0.3, 0.4) is 0 Å². The van der Waals surface area contributed by atoms with E-state index < -0.39 is 0 Å². The fourth-order valence-electron chi connectivity index (χ4n) is 0.736. The predicted octanol–water partition coefficient (Wildman–Crippen LogP) is 2.75. The Morgan fingerprint density at radius 1 is 1.20 bits per heavy atom. The van der Waals surface area contributed by atoms with Crippen molar-refractivity contribution in [3.63, 3.8) is 0 Å². The van der Waals surface area contributed by atoms with Gasteiger partial charge in [0.05, 0.1) is 0 Å². The van der Waals surface area contributed by atoms with Crippen molar-refractivity contribution in [2.45, 2.75) is 18.7 Å². The number of thiol groups is 1. The maximum absolute atomic E-state index is 4.27. The third-order valence-electron chi connectivity index (χ3n) is 1.58. The molecule has 56 valence electrons. The second kappa shape index (κ2) is 3.64. The Hall–Kier alpha value is -0.470. The van der Waals surface area contributed by atoms with Crippen LogP contribution in [0.25, 0.3) is 0 Å². The molecule has 0 aliphatic carbocycles. The number of hydrogen-bond donors (Lipinski definition) is 2. The highest BCUT2D eigenvalue weighted by Crippen LogP contribution is 2.15. The van der Waals surface area contributed by atoms with Crippen LogP contribution in [0.5, 0.6) is 0 Å². The van der Waals surface area contributed by atoms with Gasteiger partial charge in [0, 0.05) is 4.90 Å². The molecular weight excluding hydrogens is 142 g/mol. The quantitative estimate of drug-likeness (QED) is 0.555. The summed E-state index contributed by atoms with van der Waals surface area (Å²) < 4.78 is 0. The van der Waals surface area contributed by atoms with Gasteiger partial charge in [-0.25, -0.2) is 0 Å². The van der Waals surface area contributed by atoms with Crippen LogP contribution in [0.1, 0.15) is 11.1 Å². The zero-order chi connectivity index (χ0) is 6.85. The lowest BCUT2D eigenvalue weighted by atomic mass is 10.1. The molecule has 2 heteroatoms. The normalized spacial score (nSPS) is 8.70. The van der Waals surface area contributed by atoms with Crippen molar-refractivity contribution < 1.29 is 0 Å². The van der Waals surface area contributed by atoms with Crippen molar-refractivity contribution in [3.05, 3.63) is 29.3 Å². The van der Waals surface area contributed by atoms with E-state index in [0.717, 1.165) is 4.90 Å². The molecule has 0 aromatic heterocycles. The number of aryl methyl sites for hydroxylation is 1. The highest BCUT2D eigenvalue weighted by Gasteiger charge is 1.92. The summed E-state index contributed by atoms with van der Waals surface area (Å²) in [5.74, 6) is 0. The van der Waals surface area contributed by atoms with Gasteiger partial charge in [0.15, 0.2) is 0 Å². The molecule has 0 unspecified atom stereocenters. The average Bonchev–Trinajstić information content (AvgIpc) is 1.83.